The number of fused-ring (bicyclic) bond motifs is 1. The number of aliphatic hydroxyl groups excluding tert-OH is 1. The third kappa shape index (κ3) is 1.80. The monoisotopic (exact) mass is 286 g/mol. The van der Waals surface area contributed by atoms with Crippen LogP contribution in [-0.2, 0) is 6.42 Å². The van der Waals surface area contributed by atoms with Crippen molar-refractivity contribution in [2.75, 3.05) is 14.2 Å². The maximum Gasteiger partial charge on any atom is 0.166 e. The van der Waals surface area contributed by atoms with E-state index in [1.807, 2.05) is 6.07 Å². The molecule has 0 unspecified atom stereocenters. The lowest BCUT2D eigenvalue weighted by molar-refractivity contribution is 0.151. The molecule has 0 saturated carbocycles. The second kappa shape index (κ2) is 4.63. The quantitative estimate of drug-likeness (QED) is 0.909. The average Bonchev–Trinajstić information content (AvgIpc) is 2.29. The molecule has 1 aliphatic carbocycles. The highest BCUT2D eigenvalue weighted by atomic mass is 79.9. The lowest BCUT2D eigenvalue weighted by Gasteiger charge is -2.26. The maximum atomic E-state index is 10.1. The van der Waals surface area contributed by atoms with Gasteiger partial charge < -0.3 is 14.6 Å². The van der Waals surface area contributed by atoms with Crippen LogP contribution in [0.5, 0.6) is 11.5 Å². The highest BCUT2D eigenvalue weighted by molar-refractivity contribution is 9.10. The predicted molar refractivity (Wildman–Crippen MR) is 65.1 cm³/mol. The van der Waals surface area contributed by atoms with Gasteiger partial charge in [0.1, 0.15) is 0 Å². The summed E-state index contributed by atoms with van der Waals surface area (Å²) in [6.07, 6.45) is 2.29. The zero-order valence-electron chi connectivity index (χ0n) is 9.42. The van der Waals surface area contributed by atoms with Crippen molar-refractivity contribution in [3.05, 3.63) is 21.7 Å². The molecular formula is C12H15BrO3. The van der Waals surface area contributed by atoms with Crippen LogP contribution in [0.4, 0.5) is 0 Å². The van der Waals surface area contributed by atoms with Crippen LogP contribution in [0, 0.1) is 0 Å². The summed E-state index contributed by atoms with van der Waals surface area (Å²) in [7, 11) is 3.21. The zero-order chi connectivity index (χ0) is 11.7. The van der Waals surface area contributed by atoms with E-state index in [1.54, 1.807) is 14.2 Å². The van der Waals surface area contributed by atoms with E-state index >= 15 is 0 Å². The third-order valence-corrected chi connectivity index (χ3v) is 3.71. The number of benzene rings is 1. The van der Waals surface area contributed by atoms with Crippen LogP contribution in [-0.4, -0.2) is 19.3 Å². The summed E-state index contributed by atoms with van der Waals surface area (Å²) >= 11 is 3.52. The minimum atomic E-state index is -0.454. The smallest absolute Gasteiger partial charge is 0.166 e. The average molecular weight is 287 g/mol. The molecule has 3 nitrogen and oxygen atoms in total. The van der Waals surface area contributed by atoms with E-state index in [0.717, 1.165) is 34.9 Å². The first-order chi connectivity index (χ1) is 7.69. The molecule has 1 N–H and O–H groups in total. The number of methoxy groups -OCH3 is 2. The fourth-order valence-electron chi connectivity index (χ4n) is 2.25. The fourth-order valence-corrected chi connectivity index (χ4v) is 2.87. The van der Waals surface area contributed by atoms with E-state index in [2.05, 4.69) is 15.9 Å². The lowest BCUT2D eigenvalue weighted by Crippen LogP contribution is -2.12. The molecule has 88 valence electrons. The highest BCUT2D eigenvalue weighted by Crippen LogP contribution is 2.45. The molecule has 1 aliphatic rings. The number of halogens is 1. The Kier molecular flexibility index (Phi) is 3.40. The van der Waals surface area contributed by atoms with Crippen molar-refractivity contribution >= 4 is 15.9 Å². The summed E-state index contributed by atoms with van der Waals surface area (Å²) in [5.74, 6) is 1.32. The van der Waals surface area contributed by atoms with Gasteiger partial charge in [-0.2, -0.15) is 0 Å². The first-order valence-electron chi connectivity index (χ1n) is 5.30. The van der Waals surface area contributed by atoms with Crippen molar-refractivity contribution in [1.29, 1.82) is 0 Å². The highest BCUT2D eigenvalue weighted by Gasteiger charge is 2.26. The van der Waals surface area contributed by atoms with Gasteiger partial charge in [0.05, 0.1) is 20.3 Å². The van der Waals surface area contributed by atoms with Crippen molar-refractivity contribution in [2.45, 2.75) is 25.4 Å². The number of rotatable bonds is 2. The number of hydrogen-bond donors (Lipinski definition) is 1. The molecule has 0 radical (unpaired) electrons. The van der Waals surface area contributed by atoms with Gasteiger partial charge in [-0.05, 0) is 30.9 Å². The summed E-state index contributed by atoms with van der Waals surface area (Å²) in [5, 5.41) is 10.1. The van der Waals surface area contributed by atoms with Gasteiger partial charge in [0.15, 0.2) is 11.5 Å². The first-order valence-corrected chi connectivity index (χ1v) is 6.09. The molecule has 0 heterocycles. The number of aliphatic hydroxyl groups is 1. The Balaban J connectivity index is 2.65. The molecule has 0 aliphatic heterocycles. The molecule has 0 aromatic heterocycles. The summed E-state index contributed by atoms with van der Waals surface area (Å²) in [6, 6.07) is 1.90. The van der Waals surface area contributed by atoms with Gasteiger partial charge in [-0.1, -0.05) is 15.9 Å². The van der Waals surface area contributed by atoms with Crippen LogP contribution in [0.2, 0.25) is 0 Å². The third-order valence-electron chi connectivity index (χ3n) is 3.00. The van der Waals surface area contributed by atoms with Crippen LogP contribution in [0.1, 0.15) is 30.1 Å². The standard InChI is InChI=1S/C12H15BrO3/c1-15-10-6-8(13)7-4-3-5-9(14)11(7)12(10)16-2/h6,9,14H,3-5H2,1-2H3/t9-/m0/s1. The minimum Gasteiger partial charge on any atom is -0.493 e. The molecule has 16 heavy (non-hydrogen) atoms. The van der Waals surface area contributed by atoms with Crippen LogP contribution in [0.15, 0.2) is 10.5 Å². The lowest BCUT2D eigenvalue weighted by atomic mass is 9.88. The molecule has 0 saturated heterocycles. The molecule has 0 bridgehead atoms. The molecule has 1 atom stereocenters. The molecule has 4 heteroatoms. The predicted octanol–water partition coefficient (Wildman–Crippen LogP) is 2.84. The SMILES string of the molecule is COc1cc(Br)c2c(c1OC)[C@@H](O)CCC2. The Morgan fingerprint density at radius 2 is 2.12 bits per heavy atom. The van der Waals surface area contributed by atoms with Crippen molar-refractivity contribution in [1.82, 2.24) is 0 Å². The van der Waals surface area contributed by atoms with Gasteiger partial charge >= 0.3 is 0 Å². The normalized spacial score (nSPS) is 19.1. The van der Waals surface area contributed by atoms with E-state index in [1.165, 1.54) is 0 Å². The Morgan fingerprint density at radius 3 is 2.75 bits per heavy atom. The second-order valence-electron chi connectivity index (χ2n) is 3.89. The Bertz CT molecular complexity index is 404. The molecule has 0 spiro atoms. The minimum absolute atomic E-state index is 0.454. The summed E-state index contributed by atoms with van der Waals surface area (Å²) in [5.41, 5.74) is 2.01. The van der Waals surface area contributed by atoms with Crippen LogP contribution in [0.3, 0.4) is 0 Å². The van der Waals surface area contributed by atoms with Crippen molar-refractivity contribution in [3.8, 4) is 11.5 Å². The largest absolute Gasteiger partial charge is 0.493 e. The van der Waals surface area contributed by atoms with Gasteiger partial charge in [-0.15, -0.1) is 0 Å². The van der Waals surface area contributed by atoms with Crippen LogP contribution < -0.4 is 9.47 Å². The van der Waals surface area contributed by atoms with E-state index in [9.17, 15) is 5.11 Å². The van der Waals surface area contributed by atoms with Crippen LogP contribution >= 0.6 is 15.9 Å². The van der Waals surface area contributed by atoms with Gasteiger partial charge in [-0.25, -0.2) is 0 Å². The van der Waals surface area contributed by atoms with Crippen LogP contribution in [0.25, 0.3) is 0 Å². The first kappa shape index (κ1) is 11.7. The van der Waals surface area contributed by atoms with Gasteiger partial charge in [-0.3, -0.25) is 0 Å². The zero-order valence-corrected chi connectivity index (χ0v) is 11.0. The summed E-state index contributed by atoms with van der Waals surface area (Å²) < 4.78 is 11.6. The second-order valence-corrected chi connectivity index (χ2v) is 4.75. The Morgan fingerprint density at radius 1 is 1.38 bits per heavy atom. The number of ether oxygens (including phenoxy) is 2. The summed E-state index contributed by atoms with van der Waals surface area (Å²) in [6.45, 7) is 0. The molecule has 0 amide bonds. The molecule has 2 rings (SSSR count). The van der Waals surface area contributed by atoms with E-state index in [-0.39, 0.29) is 0 Å². The van der Waals surface area contributed by atoms with Gasteiger partial charge in [0.25, 0.3) is 0 Å². The van der Waals surface area contributed by atoms with Crippen molar-refractivity contribution < 1.29 is 14.6 Å². The Hall–Kier alpha value is -0.740. The van der Waals surface area contributed by atoms with E-state index in [4.69, 9.17) is 9.47 Å². The molecule has 1 aromatic carbocycles. The topological polar surface area (TPSA) is 38.7 Å². The van der Waals surface area contributed by atoms with E-state index in [0.29, 0.717) is 11.5 Å². The number of hydrogen-bond acceptors (Lipinski definition) is 3. The van der Waals surface area contributed by atoms with Gasteiger partial charge in [0, 0.05) is 10.0 Å². The summed E-state index contributed by atoms with van der Waals surface area (Å²) in [4.78, 5) is 0. The Labute approximate surface area is 104 Å². The maximum absolute atomic E-state index is 10.1. The van der Waals surface area contributed by atoms with Crippen molar-refractivity contribution in [2.24, 2.45) is 0 Å². The molecule has 0 fully saturated rings. The van der Waals surface area contributed by atoms with E-state index < -0.39 is 6.10 Å². The van der Waals surface area contributed by atoms with Crippen molar-refractivity contribution in [3.63, 3.8) is 0 Å². The molecule has 1 aromatic rings. The molecular weight excluding hydrogens is 272 g/mol. The fraction of sp³-hybridized carbons (Fsp3) is 0.500. The van der Waals surface area contributed by atoms with Gasteiger partial charge in [0.2, 0.25) is 0 Å².